The molecule has 1 atom stereocenters. The first-order valence-corrected chi connectivity index (χ1v) is 5.12. The van der Waals surface area contributed by atoms with Crippen LogP contribution < -0.4 is 5.73 Å². The molecule has 0 aromatic heterocycles. The fraction of sp³-hybridized carbons (Fsp3) is 0.800. The minimum Gasteiger partial charge on any atom is -0.434 e. The van der Waals surface area contributed by atoms with Crippen LogP contribution in [0.5, 0.6) is 0 Å². The first kappa shape index (κ1) is 14.8. The van der Waals surface area contributed by atoms with E-state index in [9.17, 15) is 14.0 Å². The van der Waals surface area contributed by atoms with Gasteiger partial charge < -0.3 is 15.2 Å². The molecule has 0 bridgehead atoms. The van der Waals surface area contributed by atoms with Gasteiger partial charge in [0.05, 0.1) is 6.61 Å². The van der Waals surface area contributed by atoms with Crippen molar-refractivity contribution in [2.45, 2.75) is 45.3 Å². The minimum absolute atomic E-state index is 0.164. The molecule has 0 aliphatic carbocycles. The third-order valence-electron chi connectivity index (χ3n) is 1.90. The summed E-state index contributed by atoms with van der Waals surface area (Å²) in [6, 6.07) is -1.51. The third-order valence-corrected chi connectivity index (χ3v) is 1.90. The number of rotatable bonds is 5. The van der Waals surface area contributed by atoms with Crippen molar-refractivity contribution >= 4 is 12.1 Å². The van der Waals surface area contributed by atoms with Crippen LogP contribution in [0, 0.1) is 0 Å². The van der Waals surface area contributed by atoms with Crippen molar-refractivity contribution in [3.05, 3.63) is 0 Å². The standard InChI is InChI=1S/C10H18FNO4/c1-4-5-6-15-9(14)16-8(13)7(12)10(2,3)11/h7H,4-6,12H2,1-3H3. The minimum atomic E-state index is -1.94. The van der Waals surface area contributed by atoms with Gasteiger partial charge in [0.1, 0.15) is 11.7 Å². The normalized spacial score (nSPS) is 13.1. The maximum Gasteiger partial charge on any atom is 0.516 e. The highest BCUT2D eigenvalue weighted by molar-refractivity contribution is 5.86. The van der Waals surface area contributed by atoms with Crippen LogP contribution >= 0.6 is 0 Å². The Morgan fingerprint density at radius 1 is 1.44 bits per heavy atom. The van der Waals surface area contributed by atoms with Crippen LogP contribution in [0.15, 0.2) is 0 Å². The summed E-state index contributed by atoms with van der Waals surface area (Å²) in [4.78, 5) is 22.1. The van der Waals surface area contributed by atoms with Crippen molar-refractivity contribution < 1.29 is 23.5 Å². The van der Waals surface area contributed by atoms with E-state index in [1.807, 2.05) is 6.92 Å². The quantitative estimate of drug-likeness (QED) is 0.444. The van der Waals surface area contributed by atoms with Crippen molar-refractivity contribution in [2.75, 3.05) is 6.61 Å². The van der Waals surface area contributed by atoms with Crippen LogP contribution in [0.3, 0.4) is 0 Å². The van der Waals surface area contributed by atoms with E-state index in [2.05, 4.69) is 9.47 Å². The molecule has 0 radical (unpaired) electrons. The van der Waals surface area contributed by atoms with E-state index in [4.69, 9.17) is 5.73 Å². The van der Waals surface area contributed by atoms with E-state index in [-0.39, 0.29) is 6.61 Å². The Morgan fingerprint density at radius 3 is 2.44 bits per heavy atom. The molecule has 0 heterocycles. The Kier molecular flexibility index (Phi) is 5.95. The molecule has 1 unspecified atom stereocenters. The second-order valence-electron chi connectivity index (χ2n) is 3.92. The van der Waals surface area contributed by atoms with Gasteiger partial charge in [-0.25, -0.2) is 14.0 Å². The van der Waals surface area contributed by atoms with Gasteiger partial charge in [-0.1, -0.05) is 13.3 Å². The molecule has 0 fully saturated rings. The highest BCUT2D eigenvalue weighted by Crippen LogP contribution is 2.13. The third kappa shape index (κ3) is 5.65. The molecule has 0 aromatic carbocycles. The van der Waals surface area contributed by atoms with Gasteiger partial charge in [0.2, 0.25) is 0 Å². The topological polar surface area (TPSA) is 78.6 Å². The summed E-state index contributed by atoms with van der Waals surface area (Å²) in [5.74, 6) is -1.13. The van der Waals surface area contributed by atoms with Crippen molar-refractivity contribution in [1.29, 1.82) is 0 Å². The summed E-state index contributed by atoms with van der Waals surface area (Å²) in [5, 5.41) is 0. The summed E-state index contributed by atoms with van der Waals surface area (Å²) in [6.45, 7) is 4.33. The van der Waals surface area contributed by atoms with E-state index in [1.165, 1.54) is 0 Å². The molecule has 0 spiro atoms. The van der Waals surface area contributed by atoms with E-state index in [0.29, 0.717) is 6.42 Å². The summed E-state index contributed by atoms with van der Waals surface area (Å²) in [7, 11) is 0. The molecule has 2 N–H and O–H groups in total. The van der Waals surface area contributed by atoms with Crippen LogP contribution in [0.1, 0.15) is 33.6 Å². The van der Waals surface area contributed by atoms with Gasteiger partial charge in [0.25, 0.3) is 0 Å². The Labute approximate surface area is 94.1 Å². The molecule has 5 nitrogen and oxygen atoms in total. The van der Waals surface area contributed by atoms with Gasteiger partial charge in [0, 0.05) is 0 Å². The number of hydrogen-bond donors (Lipinski definition) is 1. The zero-order valence-corrected chi connectivity index (χ0v) is 9.79. The smallest absolute Gasteiger partial charge is 0.434 e. The lowest BCUT2D eigenvalue weighted by Crippen LogP contribution is -2.47. The SMILES string of the molecule is CCCCOC(=O)OC(=O)C(N)C(C)(C)F. The lowest BCUT2D eigenvalue weighted by atomic mass is 10.0. The monoisotopic (exact) mass is 235 g/mol. The number of halogens is 1. The van der Waals surface area contributed by atoms with Crippen LogP contribution in [-0.4, -0.2) is 30.4 Å². The first-order chi connectivity index (χ1) is 7.29. The molecule has 0 aromatic rings. The largest absolute Gasteiger partial charge is 0.516 e. The van der Waals surface area contributed by atoms with Crippen molar-refractivity contribution in [3.8, 4) is 0 Å². The van der Waals surface area contributed by atoms with Crippen molar-refractivity contribution in [3.63, 3.8) is 0 Å². The number of nitrogens with two attached hydrogens (primary N) is 1. The number of ether oxygens (including phenoxy) is 2. The molecule has 0 saturated carbocycles. The van der Waals surface area contributed by atoms with Gasteiger partial charge in [-0.2, -0.15) is 0 Å². The molecule has 6 heteroatoms. The second kappa shape index (κ2) is 6.42. The van der Waals surface area contributed by atoms with Gasteiger partial charge >= 0.3 is 12.1 Å². The molecular formula is C10H18FNO4. The molecule has 0 saturated heterocycles. The second-order valence-corrected chi connectivity index (χ2v) is 3.92. The molecule has 16 heavy (non-hydrogen) atoms. The first-order valence-electron chi connectivity index (χ1n) is 5.12. The Morgan fingerprint density at radius 2 is 2.00 bits per heavy atom. The number of alkyl halides is 1. The van der Waals surface area contributed by atoms with Gasteiger partial charge in [0.15, 0.2) is 0 Å². The Hall–Kier alpha value is -1.17. The van der Waals surface area contributed by atoms with Gasteiger partial charge in [-0.05, 0) is 20.3 Å². The van der Waals surface area contributed by atoms with Crippen LogP contribution in [-0.2, 0) is 14.3 Å². The lowest BCUT2D eigenvalue weighted by molar-refractivity contribution is -0.144. The lowest BCUT2D eigenvalue weighted by Gasteiger charge is -2.20. The number of carbonyl (C=O) groups is 2. The predicted molar refractivity (Wildman–Crippen MR) is 55.5 cm³/mol. The Balaban J connectivity index is 4.00. The molecular weight excluding hydrogens is 217 g/mol. The average Bonchev–Trinajstić information content (AvgIpc) is 2.15. The van der Waals surface area contributed by atoms with Crippen molar-refractivity contribution in [1.82, 2.24) is 0 Å². The van der Waals surface area contributed by atoms with Crippen LogP contribution in [0.4, 0.5) is 9.18 Å². The van der Waals surface area contributed by atoms with Crippen molar-refractivity contribution in [2.24, 2.45) is 5.73 Å². The van der Waals surface area contributed by atoms with Crippen LogP contribution in [0.2, 0.25) is 0 Å². The number of esters is 1. The molecule has 94 valence electrons. The van der Waals surface area contributed by atoms with Gasteiger partial charge in [-0.3, -0.25) is 0 Å². The summed E-state index contributed by atoms with van der Waals surface area (Å²) in [5.41, 5.74) is 3.30. The number of unbranched alkanes of at least 4 members (excludes halogenated alkanes) is 1. The maximum atomic E-state index is 13.2. The molecule has 0 aliphatic rings. The predicted octanol–water partition coefficient (Wildman–Crippen LogP) is 1.54. The highest BCUT2D eigenvalue weighted by Gasteiger charge is 2.34. The van der Waals surface area contributed by atoms with E-state index in [1.54, 1.807) is 0 Å². The van der Waals surface area contributed by atoms with E-state index in [0.717, 1.165) is 20.3 Å². The summed E-state index contributed by atoms with van der Waals surface area (Å²) in [6.07, 6.45) is 0.375. The fourth-order valence-electron chi connectivity index (χ4n) is 0.755. The average molecular weight is 235 g/mol. The zero-order chi connectivity index (χ0) is 12.8. The number of carbonyl (C=O) groups excluding carboxylic acids is 2. The molecule has 0 amide bonds. The highest BCUT2D eigenvalue weighted by atomic mass is 19.1. The van der Waals surface area contributed by atoms with Gasteiger partial charge in [-0.15, -0.1) is 0 Å². The zero-order valence-electron chi connectivity index (χ0n) is 9.79. The summed E-state index contributed by atoms with van der Waals surface area (Å²) < 4.78 is 22.0. The van der Waals surface area contributed by atoms with E-state index < -0.39 is 23.8 Å². The number of hydrogen-bond acceptors (Lipinski definition) is 5. The fourth-order valence-corrected chi connectivity index (χ4v) is 0.755. The molecule has 0 aliphatic heterocycles. The van der Waals surface area contributed by atoms with Crippen LogP contribution in [0.25, 0.3) is 0 Å². The maximum absolute atomic E-state index is 13.2. The van der Waals surface area contributed by atoms with E-state index >= 15 is 0 Å². The summed E-state index contributed by atoms with van der Waals surface area (Å²) >= 11 is 0. The molecule has 0 rings (SSSR count). The Bertz CT molecular complexity index is 250.